The molecule has 0 radical (unpaired) electrons. The van der Waals surface area contributed by atoms with Crippen molar-refractivity contribution in [1.29, 1.82) is 0 Å². The highest BCUT2D eigenvalue weighted by molar-refractivity contribution is 5.83. The smallest absolute Gasteiger partial charge is 0.330 e. The Morgan fingerprint density at radius 3 is 2.74 bits per heavy atom. The van der Waals surface area contributed by atoms with Crippen molar-refractivity contribution in [2.75, 3.05) is 6.61 Å². The molecule has 1 rings (SSSR count). The van der Waals surface area contributed by atoms with E-state index in [1.54, 1.807) is 13.0 Å². The summed E-state index contributed by atoms with van der Waals surface area (Å²) >= 11 is 0. The fourth-order valence-corrected chi connectivity index (χ4v) is 3.62. The fraction of sp³-hybridized carbons (Fsp3) is 0.652. The predicted octanol–water partition coefficient (Wildman–Crippen LogP) is 4.78. The number of hydrogen-bond acceptors (Lipinski definition) is 4. The van der Waals surface area contributed by atoms with E-state index in [4.69, 9.17) is 4.74 Å². The van der Waals surface area contributed by atoms with Crippen LogP contribution in [0.2, 0.25) is 0 Å². The number of aliphatic hydroxyl groups excluding tert-OH is 1. The largest absolute Gasteiger partial charge is 0.463 e. The highest BCUT2D eigenvalue weighted by Gasteiger charge is 2.33. The topological polar surface area (TPSA) is 63.6 Å². The maximum atomic E-state index is 12.2. The quantitative estimate of drug-likeness (QED) is 0.244. The zero-order chi connectivity index (χ0) is 20.3. The van der Waals surface area contributed by atoms with Gasteiger partial charge in [-0.3, -0.25) is 4.79 Å². The highest BCUT2D eigenvalue weighted by atomic mass is 16.5. The van der Waals surface area contributed by atoms with Gasteiger partial charge in [0.2, 0.25) is 0 Å². The molecular weight excluding hydrogens is 340 g/mol. The summed E-state index contributed by atoms with van der Waals surface area (Å²) in [5, 5.41) is 10.4. The van der Waals surface area contributed by atoms with Crippen molar-refractivity contribution < 1.29 is 19.4 Å². The molecule has 0 bridgehead atoms. The van der Waals surface area contributed by atoms with Gasteiger partial charge in [0.1, 0.15) is 5.78 Å². The van der Waals surface area contributed by atoms with Crippen molar-refractivity contribution >= 4 is 11.8 Å². The predicted molar refractivity (Wildman–Crippen MR) is 109 cm³/mol. The summed E-state index contributed by atoms with van der Waals surface area (Å²) in [6.45, 7) is 8.43. The second-order valence-electron chi connectivity index (χ2n) is 7.96. The van der Waals surface area contributed by atoms with Crippen LogP contribution in [0.15, 0.2) is 36.5 Å². The van der Waals surface area contributed by atoms with Gasteiger partial charge in [-0.15, -0.1) is 0 Å². The summed E-state index contributed by atoms with van der Waals surface area (Å²) in [6.07, 6.45) is 15.4. The normalized spacial score (nSPS) is 22.3. The number of hydrogen-bond donors (Lipinski definition) is 1. The number of aliphatic hydroxyl groups is 1. The van der Waals surface area contributed by atoms with Crippen LogP contribution in [0.3, 0.4) is 0 Å². The monoisotopic (exact) mass is 376 g/mol. The molecule has 0 saturated heterocycles. The molecule has 0 aliphatic heterocycles. The molecule has 1 saturated carbocycles. The summed E-state index contributed by atoms with van der Waals surface area (Å²) in [5.41, 5.74) is -0.142. The molecule has 1 aliphatic carbocycles. The Kier molecular flexibility index (Phi) is 10.3. The Hall–Kier alpha value is -1.68. The van der Waals surface area contributed by atoms with E-state index in [1.165, 1.54) is 6.08 Å². The van der Waals surface area contributed by atoms with E-state index in [-0.39, 0.29) is 23.2 Å². The average molecular weight is 377 g/mol. The van der Waals surface area contributed by atoms with Crippen LogP contribution in [0.25, 0.3) is 0 Å². The lowest BCUT2D eigenvalue weighted by molar-refractivity contribution is -0.137. The summed E-state index contributed by atoms with van der Waals surface area (Å²) < 4.78 is 4.81. The molecule has 1 N–H and O–H groups in total. The maximum Gasteiger partial charge on any atom is 0.330 e. The Morgan fingerprint density at radius 2 is 2.07 bits per heavy atom. The summed E-state index contributed by atoms with van der Waals surface area (Å²) in [5.74, 6) is 0.222. The molecule has 0 aromatic heterocycles. The number of esters is 1. The molecule has 1 fully saturated rings. The van der Waals surface area contributed by atoms with Gasteiger partial charge in [0.05, 0.1) is 12.7 Å². The van der Waals surface area contributed by atoms with Gasteiger partial charge in [-0.1, -0.05) is 57.6 Å². The minimum absolute atomic E-state index is 0.0291. The Labute approximate surface area is 164 Å². The van der Waals surface area contributed by atoms with Gasteiger partial charge in [-0.2, -0.15) is 0 Å². The number of ketones is 1. The molecule has 27 heavy (non-hydrogen) atoms. The van der Waals surface area contributed by atoms with Crippen LogP contribution in [0, 0.1) is 17.3 Å². The van der Waals surface area contributed by atoms with Gasteiger partial charge in [-0.05, 0) is 43.9 Å². The summed E-state index contributed by atoms with van der Waals surface area (Å²) in [7, 11) is 0. The van der Waals surface area contributed by atoms with Gasteiger partial charge in [-0.25, -0.2) is 4.79 Å². The first-order chi connectivity index (χ1) is 12.8. The van der Waals surface area contributed by atoms with Crippen molar-refractivity contribution in [2.45, 2.75) is 72.3 Å². The number of ether oxygens (including phenoxy) is 1. The minimum Gasteiger partial charge on any atom is -0.463 e. The van der Waals surface area contributed by atoms with Crippen molar-refractivity contribution in [3.05, 3.63) is 36.5 Å². The van der Waals surface area contributed by atoms with E-state index in [1.807, 2.05) is 18.2 Å². The van der Waals surface area contributed by atoms with E-state index in [2.05, 4.69) is 26.8 Å². The minimum atomic E-state index is -0.485. The van der Waals surface area contributed by atoms with Crippen LogP contribution < -0.4 is 0 Å². The maximum absolute atomic E-state index is 12.2. The molecule has 4 heteroatoms. The average Bonchev–Trinajstić information content (AvgIpc) is 2.96. The van der Waals surface area contributed by atoms with Crippen molar-refractivity contribution in [2.24, 2.45) is 17.3 Å². The van der Waals surface area contributed by atoms with Crippen molar-refractivity contribution in [3.63, 3.8) is 0 Å². The van der Waals surface area contributed by atoms with Crippen LogP contribution >= 0.6 is 0 Å². The molecule has 3 unspecified atom stereocenters. The molecule has 3 atom stereocenters. The number of carbonyl (C=O) groups is 2. The lowest BCUT2D eigenvalue weighted by Gasteiger charge is -2.28. The molecule has 0 spiro atoms. The van der Waals surface area contributed by atoms with Gasteiger partial charge in [0.25, 0.3) is 0 Å². The first-order valence-corrected chi connectivity index (χ1v) is 10.2. The van der Waals surface area contributed by atoms with E-state index < -0.39 is 6.10 Å². The standard InChI is InChI=1S/C23H36O4/c1-5-17-23(3,4)21(25)16-14-18-13-15-20(24)19(18)11-9-7-8-10-12-22(26)27-6-2/h7-8,10,12,14,16,18-19,21,25H,5-6,9,11,13,15,17H2,1-4H3/b8-7?,12-10+,16-14+. The SMILES string of the molecule is CCCC(C)(C)C(O)/C=C/C1CCC(=O)C1CCC=C/C=C/C(=O)OCC. The van der Waals surface area contributed by atoms with Crippen molar-refractivity contribution in [3.8, 4) is 0 Å². The number of allylic oxidation sites excluding steroid dienone is 4. The Bertz CT molecular complexity index is 557. The van der Waals surface area contributed by atoms with Gasteiger partial charge in [0, 0.05) is 18.4 Å². The lowest BCUT2D eigenvalue weighted by Crippen LogP contribution is -2.27. The third-order valence-electron chi connectivity index (χ3n) is 5.30. The van der Waals surface area contributed by atoms with Crippen LogP contribution in [-0.4, -0.2) is 29.6 Å². The van der Waals surface area contributed by atoms with Gasteiger partial charge >= 0.3 is 5.97 Å². The Morgan fingerprint density at radius 1 is 1.33 bits per heavy atom. The molecule has 0 amide bonds. The zero-order valence-corrected chi connectivity index (χ0v) is 17.3. The van der Waals surface area contributed by atoms with E-state index >= 15 is 0 Å². The van der Waals surface area contributed by atoms with Crippen LogP contribution in [-0.2, 0) is 14.3 Å². The van der Waals surface area contributed by atoms with Crippen LogP contribution in [0.1, 0.15) is 66.2 Å². The lowest BCUT2D eigenvalue weighted by atomic mass is 9.81. The number of Topliss-reactive ketones (excluding diaryl/α,β-unsaturated/α-hetero) is 1. The van der Waals surface area contributed by atoms with Gasteiger partial charge in [0.15, 0.2) is 0 Å². The first-order valence-electron chi connectivity index (χ1n) is 10.2. The second-order valence-corrected chi connectivity index (χ2v) is 7.96. The summed E-state index contributed by atoms with van der Waals surface area (Å²) in [4.78, 5) is 23.4. The van der Waals surface area contributed by atoms with Crippen LogP contribution in [0.4, 0.5) is 0 Å². The molecule has 1 aliphatic rings. The van der Waals surface area contributed by atoms with E-state index in [0.717, 1.165) is 32.1 Å². The number of rotatable bonds is 11. The van der Waals surface area contributed by atoms with E-state index in [9.17, 15) is 14.7 Å². The third-order valence-corrected chi connectivity index (χ3v) is 5.30. The molecule has 152 valence electrons. The van der Waals surface area contributed by atoms with Crippen molar-refractivity contribution in [1.82, 2.24) is 0 Å². The first kappa shape index (κ1) is 23.4. The molecule has 4 nitrogen and oxygen atoms in total. The van der Waals surface area contributed by atoms with E-state index in [0.29, 0.717) is 18.8 Å². The zero-order valence-electron chi connectivity index (χ0n) is 17.3. The highest BCUT2D eigenvalue weighted by Crippen LogP contribution is 2.34. The fourth-order valence-electron chi connectivity index (χ4n) is 3.62. The molecule has 0 heterocycles. The number of carbonyl (C=O) groups excluding carboxylic acids is 2. The summed E-state index contributed by atoms with van der Waals surface area (Å²) in [6, 6.07) is 0. The molecular formula is C23H36O4. The van der Waals surface area contributed by atoms with Gasteiger partial charge < -0.3 is 9.84 Å². The Balaban J connectivity index is 2.52. The second kappa shape index (κ2) is 11.9. The molecule has 0 aromatic carbocycles. The molecule has 0 aromatic rings. The third kappa shape index (κ3) is 8.25. The van der Waals surface area contributed by atoms with Crippen LogP contribution in [0.5, 0.6) is 0 Å².